The van der Waals surface area contributed by atoms with Crippen molar-refractivity contribution in [1.29, 1.82) is 0 Å². The van der Waals surface area contributed by atoms with Gasteiger partial charge in [0.25, 0.3) is 0 Å². The van der Waals surface area contributed by atoms with Crippen LogP contribution in [0.2, 0.25) is 0 Å². The van der Waals surface area contributed by atoms with Crippen molar-refractivity contribution >= 4 is 7.82 Å². The molecule has 1 atom stereocenters. The maximum absolute atomic E-state index is 11.8. The van der Waals surface area contributed by atoms with Crippen molar-refractivity contribution in [2.24, 2.45) is 5.73 Å². The van der Waals surface area contributed by atoms with Gasteiger partial charge in [-0.1, -0.05) is 18.6 Å². The molecule has 0 saturated heterocycles. The first-order chi connectivity index (χ1) is 8.18. The lowest BCUT2D eigenvalue weighted by Crippen LogP contribution is -1.99. The molecule has 0 aliphatic carbocycles. The van der Waals surface area contributed by atoms with E-state index < -0.39 is 7.82 Å². The van der Waals surface area contributed by atoms with E-state index in [0.717, 1.165) is 25.7 Å². The predicted molar refractivity (Wildman–Crippen MR) is 67.5 cm³/mol. The Morgan fingerprint density at radius 2 is 2.00 bits per heavy atom. The number of nitrogens with two attached hydrogens (primary N) is 1. The van der Waals surface area contributed by atoms with Crippen LogP contribution >= 0.6 is 7.82 Å². The highest BCUT2D eigenvalue weighted by Gasteiger charge is 2.24. The summed E-state index contributed by atoms with van der Waals surface area (Å²) in [5.41, 5.74) is 8.01. The van der Waals surface area contributed by atoms with E-state index in [-0.39, 0.29) is 0 Å². The monoisotopic (exact) mass is 263 g/mol. The van der Waals surface area contributed by atoms with E-state index >= 15 is 0 Å². The fraction of sp³-hybridized carbons (Fsp3) is 0.727. The molecule has 0 radical (unpaired) electrons. The average molecular weight is 263 g/mol. The number of phosphoric ester groups is 1. The Labute approximate surface area is 103 Å². The second-order valence-corrected chi connectivity index (χ2v) is 5.07. The summed E-state index contributed by atoms with van der Waals surface area (Å²) in [6, 6.07) is 0. The maximum Gasteiger partial charge on any atom is 0.529 e. The number of unbranched alkanes of at least 4 members (excludes halogenated alkanes) is 3. The lowest BCUT2D eigenvalue weighted by molar-refractivity contribution is 0.162. The van der Waals surface area contributed by atoms with Crippen molar-refractivity contribution in [3.63, 3.8) is 0 Å². The van der Waals surface area contributed by atoms with Crippen molar-refractivity contribution < 1.29 is 18.1 Å². The number of phosphoric acid groups is 1. The Balaban J connectivity index is 3.80. The van der Waals surface area contributed by atoms with E-state index in [1.807, 2.05) is 0 Å². The molecule has 0 aromatic carbocycles. The summed E-state index contributed by atoms with van der Waals surface area (Å²) < 4.78 is 26.5. The van der Waals surface area contributed by atoms with Crippen molar-refractivity contribution in [3.05, 3.63) is 18.1 Å². The van der Waals surface area contributed by atoms with Crippen LogP contribution in [-0.4, -0.2) is 20.3 Å². The van der Waals surface area contributed by atoms with Crippen LogP contribution in [0.1, 0.15) is 32.6 Å². The highest BCUT2D eigenvalue weighted by atomic mass is 31.2. The third-order valence-electron chi connectivity index (χ3n) is 1.99. The molecule has 0 amide bonds. The molecule has 0 bridgehead atoms. The summed E-state index contributed by atoms with van der Waals surface area (Å²) in [6.07, 6.45) is 6.67. The normalized spacial score (nSPS) is 13.6. The molecule has 100 valence electrons. The zero-order valence-electron chi connectivity index (χ0n) is 10.6. The first kappa shape index (κ1) is 16.4. The fourth-order valence-corrected chi connectivity index (χ4v) is 1.86. The SMILES string of the molecule is CC=C=COP(=O)(OC)OCCCCCCN. The molecule has 0 aromatic heterocycles. The Kier molecular flexibility index (Phi) is 10.2. The van der Waals surface area contributed by atoms with Gasteiger partial charge in [0.1, 0.15) is 6.26 Å². The molecule has 17 heavy (non-hydrogen) atoms. The Hall–Kier alpha value is -0.570. The fourth-order valence-electron chi connectivity index (χ4n) is 1.07. The van der Waals surface area contributed by atoms with Crippen LogP contribution in [0.5, 0.6) is 0 Å². The zero-order chi connectivity index (χ0) is 13.0. The summed E-state index contributed by atoms with van der Waals surface area (Å²) in [4.78, 5) is 0. The van der Waals surface area contributed by atoms with Crippen LogP contribution in [0, 0.1) is 0 Å². The standard InChI is InChI=1S/C11H22NO4P/c1-3-4-10-15-17(13,14-2)16-11-8-6-5-7-9-12/h3,10H,5-9,11-12H2,1-2H3. The lowest BCUT2D eigenvalue weighted by atomic mass is 10.2. The molecular weight excluding hydrogens is 241 g/mol. The van der Waals surface area contributed by atoms with Crippen LogP contribution in [-0.2, 0) is 18.1 Å². The van der Waals surface area contributed by atoms with Crippen LogP contribution < -0.4 is 5.73 Å². The van der Waals surface area contributed by atoms with Crippen LogP contribution in [0.3, 0.4) is 0 Å². The Bertz CT molecular complexity index is 287. The van der Waals surface area contributed by atoms with Crippen molar-refractivity contribution in [1.82, 2.24) is 0 Å². The Morgan fingerprint density at radius 1 is 1.29 bits per heavy atom. The summed E-state index contributed by atoms with van der Waals surface area (Å²) >= 11 is 0. The molecule has 0 aliphatic rings. The molecule has 2 N–H and O–H groups in total. The smallest absolute Gasteiger partial charge is 0.403 e. The molecule has 0 rings (SSSR count). The van der Waals surface area contributed by atoms with Crippen LogP contribution in [0.4, 0.5) is 0 Å². The van der Waals surface area contributed by atoms with Crippen LogP contribution in [0.15, 0.2) is 18.1 Å². The molecule has 0 spiro atoms. The van der Waals surface area contributed by atoms with Gasteiger partial charge in [0, 0.05) is 7.11 Å². The highest BCUT2D eigenvalue weighted by Crippen LogP contribution is 2.48. The number of hydrogen-bond acceptors (Lipinski definition) is 5. The minimum absolute atomic E-state index is 0.347. The summed E-state index contributed by atoms with van der Waals surface area (Å²) in [7, 11) is -2.16. The van der Waals surface area contributed by atoms with E-state index in [1.54, 1.807) is 13.0 Å². The third-order valence-corrected chi connectivity index (χ3v) is 3.30. The maximum atomic E-state index is 11.8. The molecule has 0 saturated carbocycles. The first-order valence-corrected chi connectivity index (χ1v) is 7.19. The van der Waals surface area contributed by atoms with Crippen molar-refractivity contribution in [3.8, 4) is 0 Å². The van der Waals surface area contributed by atoms with Gasteiger partial charge in [0.15, 0.2) is 0 Å². The van der Waals surface area contributed by atoms with Gasteiger partial charge in [0.05, 0.1) is 6.61 Å². The molecule has 0 aromatic rings. The van der Waals surface area contributed by atoms with Gasteiger partial charge in [-0.15, -0.1) is 0 Å². The third kappa shape index (κ3) is 9.16. The van der Waals surface area contributed by atoms with Gasteiger partial charge in [-0.2, -0.15) is 0 Å². The van der Waals surface area contributed by atoms with E-state index in [4.69, 9.17) is 19.3 Å². The second-order valence-electron chi connectivity index (χ2n) is 3.34. The lowest BCUT2D eigenvalue weighted by Gasteiger charge is -2.13. The van der Waals surface area contributed by atoms with Gasteiger partial charge < -0.3 is 10.3 Å². The summed E-state index contributed by atoms with van der Waals surface area (Å²) in [5, 5.41) is 0. The molecule has 6 heteroatoms. The summed E-state index contributed by atoms with van der Waals surface area (Å²) in [5.74, 6) is 0. The van der Waals surface area contributed by atoms with E-state index in [1.165, 1.54) is 13.4 Å². The number of hydrogen-bond donors (Lipinski definition) is 1. The quantitative estimate of drug-likeness (QED) is 0.284. The van der Waals surface area contributed by atoms with Gasteiger partial charge >= 0.3 is 7.82 Å². The van der Waals surface area contributed by atoms with Gasteiger partial charge in [-0.3, -0.25) is 9.05 Å². The van der Waals surface area contributed by atoms with Crippen LogP contribution in [0.25, 0.3) is 0 Å². The predicted octanol–water partition coefficient (Wildman–Crippen LogP) is 2.98. The highest BCUT2D eigenvalue weighted by molar-refractivity contribution is 7.48. The molecule has 0 aliphatic heterocycles. The average Bonchev–Trinajstić information content (AvgIpc) is 2.34. The number of allylic oxidation sites excluding steroid dienone is 1. The van der Waals surface area contributed by atoms with E-state index in [9.17, 15) is 4.57 Å². The van der Waals surface area contributed by atoms with Gasteiger partial charge in [-0.05, 0) is 32.4 Å². The zero-order valence-corrected chi connectivity index (χ0v) is 11.4. The topological polar surface area (TPSA) is 70.8 Å². The minimum Gasteiger partial charge on any atom is -0.403 e. The minimum atomic E-state index is -3.45. The molecule has 5 nitrogen and oxygen atoms in total. The summed E-state index contributed by atoms with van der Waals surface area (Å²) in [6.45, 7) is 2.82. The second kappa shape index (κ2) is 10.6. The number of rotatable bonds is 10. The first-order valence-electron chi connectivity index (χ1n) is 5.73. The van der Waals surface area contributed by atoms with Gasteiger partial charge in [-0.25, -0.2) is 4.57 Å². The van der Waals surface area contributed by atoms with E-state index in [2.05, 4.69) is 5.73 Å². The van der Waals surface area contributed by atoms with Crippen molar-refractivity contribution in [2.75, 3.05) is 20.3 Å². The molecular formula is C11H22NO4P. The molecule has 1 unspecified atom stereocenters. The Morgan fingerprint density at radius 3 is 2.59 bits per heavy atom. The largest absolute Gasteiger partial charge is 0.529 e. The molecule has 0 heterocycles. The van der Waals surface area contributed by atoms with Gasteiger partial charge in [0.2, 0.25) is 0 Å². The van der Waals surface area contributed by atoms with Crippen molar-refractivity contribution in [2.45, 2.75) is 32.6 Å². The van der Waals surface area contributed by atoms with E-state index in [0.29, 0.717) is 13.2 Å². The molecule has 0 fully saturated rings.